The van der Waals surface area contributed by atoms with Gasteiger partial charge in [0, 0.05) is 18.0 Å². The molecule has 0 aliphatic carbocycles. The van der Waals surface area contributed by atoms with Crippen molar-refractivity contribution in [2.45, 2.75) is 19.9 Å². The van der Waals surface area contributed by atoms with Gasteiger partial charge in [-0.05, 0) is 43.0 Å². The first-order valence-corrected chi connectivity index (χ1v) is 8.57. The van der Waals surface area contributed by atoms with Crippen LogP contribution in [0.2, 0.25) is 0 Å². The minimum atomic E-state index is -0.141. The van der Waals surface area contributed by atoms with Crippen LogP contribution in [0, 0.1) is 0 Å². The van der Waals surface area contributed by atoms with Crippen LogP contribution in [-0.4, -0.2) is 16.3 Å². The normalized spacial score (nSPS) is 11.9. The number of rotatable bonds is 5. The molecule has 122 valence electrons. The van der Waals surface area contributed by atoms with Crippen molar-refractivity contribution >= 4 is 23.0 Å². The molecule has 5 heteroatoms. The van der Waals surface area contributed by atoms with Crippen LogP contribution in [0.15, 0.2) is 60.2 Å². The van der Waals surface area contributed by atoms with E-state index in [1.54, 1.807) is 19.1 Å². The van der Waals surface area contributed by atoms with Gasteiger partial charge < -0.3 is 9.88 Å². The zero-order valence-electron chi connectivity index (χ0n) is 13.5. The third-order valence-corrected chi connectivity index (χ3v) is 4.80. The Labute approximate surface area is 144 Å². The second-order valence-electron chi connectivity index (χ2n) is 5.60. The number of hydrogen-bond acceptors (Lipinski definition) is 3. The lowest BCUT2D eigenvalue weighted by molar-refractivity contribution is 0.0942. The summed E-state index contributed by atoms with van der Waals surface area (Å²) in [7, 11) is 0. The molecule has 2 aromatic heterocycles. The second-order valence-corrected chi connectivity index (χ2v) is 6.51. The number of carbonyl (C=O) groups excluding carboxylic acids is 2. The molecule has 0 saturated carbocycles. The van der Waals surface area contributed by atoms with E-state index in [4.69, 9.17) is 0 Å². The molecule has 0 fully saturated rings. The molecular weight excluding hydrogens is 320 g/mol. The number of aromatic nitrogens is 1. The van der Waals surface area contributed by atoms with Crippen molar-refractivity contribution in [1.82, 2.24) is 9.88 Å². The lowest BCUT2D eigenvalue weighted by Crippen LogP contribution is -2.26. The Bertz CT molecular complexity index is 848. The van der Waals surface area contributed by atoms with Gasteiger partial charge in [0.2, 0.25) is 0 Å². The summed E-state index contributed by atoms with van der Waals surface area (Å²) in [4.78, 5) is 24.6. The van der Waals surface area contributed by atoms with Crippen LogP contribution in [-0.2, 0) is 0 Å². The van der Waals surface area contributed by atoms with E-state index in [2.05, 4.69) is 5.32 Å². The molecule has 0 aliphatic rings. The van der Waals surface area contributed by atoms with E-state index in [9.17, 15) is 9.59 Å². The van der Waals surface area contributed by atoms with Crippen molar-refractivity contribution in [2.75, 3.05) is 0 Å². The predicted molar refractivity (Wildman–Crippen MR) is 96.0 cm³/mol. The highest BCUT2D eigenvalue weighted by atomic mass is 32.1. The van der Waals surface area contributed by atoms with Gasteiger partial charge in [0.25, 0.3) is 5.91 Å². The third-order valence-electron chi connectivity index (χ3n) is 3.90. The minimum Gasteiger partial charge on any atom is -0.345 e. The summed E-state index contributed by atoms with van der Waals surface area (Å²) in [6.45, 7) is 3.48. The topological polar surface area (TPSA) is 51.1 Å². The predicted octanol–water partition coefficient (Wildman–Crippen LogP) is 4.23. The molecule has 1 unspecified atom stereocenters. The molecule has 0 aliphatic heterocycles. The molecule has 1 aromatic carbocycles. The van der Waals surface area contributed by atoms with E-state index in [1.807, 2.05) is 59.6 Å². The fraction of sp³-hybridized carbons (Fsp3) is 0.158. The average molecular weight is 338 g/mol. The van der Waals surface area contributed by atoms with Gasteiger partial charge in [-0.3, -0.25) is 9.59 Å². The summed E-state index contributed by atoms with van der Waals surface area (Å²) in [5.41, 5.74) is 2.51. The standard InChI is InChI=1S/C19H18N2O2S/c1-13(15-5-7-16(8-6-15)14(2)22)20-19(23)18-17(9-12-24-18)21-10-3-4-11-21/h3-13H,1-2H3,(H,20,23). The molecule has 0 saturated heterocycles. The molecular formula is C19H18N2O2S. The van der Waals surface area contributed by atoms with Gasteiger partial charge >= 0.3 is 0 Å². The smallest absolute Gasteiger partial charge is 0.263 e. The Morgan fingerprint density at radius 3 is 2.38 bits per heavy atom. The van der Waals surface area contributed by atoms with E-state index in [1.165, 1.54) is 11.3 Å². The zero-order chi connectivity index (χ0) is 17.1. The number of benzene rings is 1. The molecule has 24 heavy (non-hydrogen) atoms. The van der Waals surface area contributed by atoms with Gasteiger partial charge in [-0.2, -0.15) is 0 Å². The third kappa shape index (κ3) is 3.31. The molecule has 0 spiro atoms. The Kier molecular flexibility index (Phi) is 4.62. The maximum Gasteiger partial charge on any atom is 0.263 e. The van der Waals surface area contributed by atoms with Gasteiger partial charge in [0.15, 0.2) is 5.78 Å². The van der Waals surface area contributed by atoms with Gasteiger partial charge in [0.05, 0.1) is 11.7 Å². The molecule has 0 bridgehead atoms. The van der Waals surface area contributed by atoms with Crippen molar-refractivity contribution in [3.63, 3.8) is 0 Å². The molecule has 0 radical (unpaired) electrons. The van der Waals surface area contributed by atoms with E-state index in [-0.39, 0.29) is 17.7 Å². The van der Waals surface area contributed by atoms with Gasteiger partial charge in [-0.1, -0.05) is 24.3 Å². The molecule has 3 rings (SSSR count). The Hall–Kier alpha value is -2.66. The molecule has 1 amide bonds. The van der Waals surface area contributed by atoms with Crippen LogP contribution in [0.25, 0.3) is 5.69 Å². The first kappa shape index (κ1) is 16.2. The number of nitrogens with zero attached hydrogens (tertiary/aromatic N) is 1. The summed E-state index contributed by atoms with van der Waals surface area (Å²) in [5, 5.41) is 4.94. The second kappa shape index (κ2) is 6.84. The summed E-state index contributed by atoms with van der Waals surface area (Å²) in [5.74, 6) is -0.0648. The van der Waals surface area contributed by atoms with Crippen LogP contribution in [0.3, 0.4) is 0 Å². The van der Waals surface area contributed by atoms with Gasteiger partial charge in [0.1, 0.15) is 4.88 Å². The fourth-order valence-electron chi connectivity index (χ4n) is 2.52. The number of carbonyl (C=O) groups is 2. The summed E-state index contributed by atoms with van der Waals surface area (Å²) < 4.78 is 1.93. The first-order valence-electron chi connectivity index (χ1n) is 7.69. The Balaban J connectivity index is 1.75. The number of thiophene rings is 1. The largest absolute Gasteiger partial charge is 0.345 e. The monoisotopic (exact) mass is 338 g/mol. The highest BCUT2D eigenvalue weighted by molar-refractivity contribution is 7.12. The number of ketones is 1. The van der Waals surface area contributed by atoms with Crippen LogP contribution in [0.1, 0.15) is 45.5 Å². The highest BCUT2D eigenvalue weighted by Crippen LogP contribution is 2.23. The minimum absolute atomic E-state index is 0.0354. The number of Topliss-reactive ketones (excluding diaryl/α,β-unsaturated/α-hetero) is 1. The Morgan fingerprint density at radius 1 is 1.08 bits per heavy atom. The first-order chi connectivity index (χ1) is 11.6. The zero-order valence-corrected chi connectivity index (χ0v) is 14.3. The average Bonchev–Trinajstić information content (AvgIpc) is 3.25. The van der Waals surface area contributed by atoms with Crippen LogP contribution in [0.4, 0.5) is 0 Å². The molecule has 1 N–H and O–H groups in total. The molecule has 1 atom stereocenters. The maximum atomic E-state index is 12.6. The highest BCUT2D eigenvalue weighted by Gasteiger charge is 2.17. The van der Waals surface area contributed by atoms with E-state index in [0.717, 1.165) is 11.3 Å². The number of amides is 1. The fourth-order valence-corrected chi connectivity index (χ4v) is 3.32. The quantitative estimate of drug-likeness (QED) is 0.708. The van der Waals surface area contributed by atoms with Crippen molar-refractivity contribution < 1.29 is 9.59 Å². The van der Waals surface area contributed by atoms with Gasteiger partial charge in [-0.15, -0.1) is 11.3 Å². The van der Waals surface area contributed by atoms with Crippen molar-refractivity contribution in [3.8, 4) is 5.69 Å². The molecule has 4 nitrogen and oxygen atoms in total. The Morgan fingerprint density at radius 2 is 1.75 bits per heavy atom. The summed E-state index contributed by atoms with van der Waals surface area (Å²) in [6, 6.07) is 13.0. The summed E-state index contributed by atoms with van der Waals surface area (Å²) in [6.07, 6.45) is 3.84. The van der Waals surface area contributed by atoms with Crippen molar-refractivity contribution in [1.29, 1.82) is 0 Å². The number of hydrogen-bond donors (Lipinski definition) is 1. The van der Waals surface area contributed by atoms with Crippen LogP contribution >= 0.6 is 11.3 Å². The van der Waals surface area contributed by atoms with Crippen molar-refractivity contribution in [3.05, 3.63) is 76.2 Å². The molecule has 3 aromatic rings. The summed E-state index contributed by atoms with van der Waals surface area (Å²) >= 11 is 1.42. The van der Waals surface area contributed by atoms with Crippen LogP contribution in [0.5, 0.6) is 0 Å². The van der Waals surface area contributed by atoms with E-state index < -0.39 is 0 Å². The van der Waals surface area contributed by atoms with Crippen molar-refractivity contribution in [2.24, 2.45) is 0 Å². The van der Waals surface area contributed by atoms with Gasteiger partial charge in [-0.25, -0.2) is 0 Å². The lowest BCUT2D eigenvalue weighted by atomic mass is 10.0. The van der Waals surface area contributed by atoms with E-state index >= 15 is 0 Å². The SMILES string of the molecule is CC(=O)c1ccc(C(C)NC(=O)c2sccc2-n2cccc2)cc1. The van der Waals surface area contributed by atoms with E-state index in [0.29, 0.717) is 10.4 Å². The maximum absolute atomic E-state index is 12.6. The number of nitrogens with one attached hydrogen (secondary N) is 1. The molecule has 2 heterocycles. The lowest BCUT2D eigenvalue weighted by Gasteiger charge is -2.15. The van der Waals surface area contributed by atoms with Crippen LogP contribution < -0.4 is 5.32 Å².